The van der Waals surface area contributed by atoms with Crippen LogP contribution >= 0.6 is 0 Å². The summed E-state index contributed by atoms with van der Waals surface area (Å²) in [4.78, 5) is 11.0. The molecule has 0 fully saturated rings. The topological polar surface area (TPSA) is 38.3 Å². The highest BCUT2D eigenvalue weighted by Gasteiger charge is 2.73. The Morgan fingerprint density at radius 3 is 1.88 bits per heavy atom. The van der Waals surface area contributed by atoms with E-state index < -0.39 is 30.7 Å². The third-order valence-electron chi connectivity index (χ3n) is 3.25. The van der Waals surface area contributed by atoms with Gasteiger partial charge in [0.25, 0.3) is 0 Å². The minimum absolute atomic E-state index is 0.0633. The van der Waals surface area contributed by atoms with Crippen molar-refractivity contribution in [1.29, 1.82) is 0 Å². The van der Waals surface area contributed by atoms with Crippen LogP contribution in [-0.4, -0.2) is 37.3 Å². The van der Waals surface area contributed by atoms with Gasteiger partial charge in [0.1, 0.15) is 0 Å². The van der Waals surface area contributed by atoms with Gasteiger partial charge in [-0.3, -0.25) is 0 Å². The summed E-state index contributed by atoms with van der Waals surface area (Å²) < 4.78 is 90.2. The molecule has 0 saturated carbocycles. The Hall–Kier alpha value is -1.22. The maximum atomic E-state index is 12.9. The van der Waals surface area contributed by atoms with Crippen molar-refractivity contribution in [1.82, 2.24) is 5.32 Å². The van der Waals surface area contributed by atoms with Gasteiger partial charge < -0.3 is 10.1 Å². The standard InChI is InChI=1S/C14H22F7NO2/c1-2-3-4-5-6-7-8-9-22-11(23)24-10-12(15,16)13(17,18)14(19,20)21/h2-10H2,1H3,(H,22,23). The summed E-state index contributed by atoms with van der Waals surface area (Å²) in [5.74, 6) is -11.8. The molecule has 0 spiro atoms. The zero-order valence-corrected chi connectivity index (χ0v) is 13.3. The highest BCUT2D eigenvalue weighted by atomic mass is 19.4. The van der Waals surface area contributed by atoms with Crippen molar-refractivity contribution in [3.05, 3.63) is 0 Å². The molecule has 10 heteroatoms. The lowest BCUT2D eigenvalue weighted by molar-refractivity contribution is -0.359. The Labute approximate surface area is 135 Å². The molecule has 0 radical (unpaired) electrons. The van der Waals surface area contributed by atoms with Gasteiger partial charge in [-0.25, -0.2) is 4.79 Å². The average molecular weight is 369 g/mol. The molecule has 0 unspecified atom stereocenters. The first-order chi connectivity index (χ1) is 11.0. The molecule has 0 aliphatic heterocycles. The smallest absolute Gasteiger partial charge is 0.443 e. The number of halogens is 7. The Bertz CT molecular complexity index is 373. The van der Waals surface area contributed by atoms with E-state index in [-0.39, 0.29) is 6.54 Å². The van der Waals surface area contributed by atoms with Gasteiger partial charge >= 0.3 is 24.1 Å². The molecule has 0 atom stereocenters. The van der Waals surface area contributed by atoms with E-state index >= 15 is 0 Å². The molecule has 0 rings (SSSR count). The first-order valence-electron chi connectivity index (χ1n) is 7.68. The molecular weight excluding hydrogens is 347 g/mol. The lowest BCUT2D eigenvalue weighted by atomic mass is 10.1. The van der Waals surface area contributed by atoms with Crippen molar-refractivity contribution in [3.8, 4) is 0 Å². The van der Waals surface area contributed by atoms with Crippen molar-refractivity contribution in [2.24, 2.45) is 0 Å². The minimum Gasteiger partial charge on any atom is -0.443 e. The molecule has 0 heterocycles. The summed E-state index contributed by atoms with van der Waals surface area (Å²) in [5, 5.41) is 2.03. The molecule has 0 aromatic heterocycles. The highest BCUT2D eigenvalue weighted by molar-refractivity contribution is 5.67. The van der Waals surface area contributed by atoms with Crippen LogP contribution in [0.15, 0.2) is 0 Å². The van der Waals surface area contributed by atoms with E-state index in [0.717, 1.165) is 38.5 Å². The molecule has 0 saturated heterocycles. The van der Waals surface area contributed by atoms with Gasteiger partial charge in [-0.1, -0.05) is 45.4 Å². The average Bonchev–Trinajstić information content (AvgIpc) is 2.46. The number of carbonyl (C=O) groups is 1. The Morgan fingerprint density at radius 1 is 0.875 bits per heavy atom. The third-order valence-corrected chi connectivity index (χ3v) is 3.25. The van der Waals surface area contributed by atoms with E-state index in [9.17, 15) is 35.5 Å². The Morgan fingerprint density at radius 2 is 1.38 bits per heavy atom. The summed E-state index contributed by atoms with van der Waals surface area (Å²) in [5.41, 5.74) is 0. The zero-order chi connectivity index (χ0) is 18.9. The number of rotatable bonds is 11. The van der Waals surface area contributed by atoms with Crippen LogP contribution in [0.3, 0.4) is 0 Å². The Kier molecular flexibility index (Phi) is 9.42. The fraction of sp³-hybridized carbons (Fsp3) is 0.929. The summed E-state index contributed by atoms with van der Waals surface area (Å²) in [6.45, 7) is -0.222. The lowest BCUT2D eigenvalue weighted by Gasteiger charge is -2.27. The number of carbonyl (C=O) groups excluding carboxylic acids is 1. The molecule has 0 bridgehead atoms. The van der Waals surface area contributed by atoms with Crippen LogP contribution in [0.1, 0.15) is 51.9 Å². The van der Waals surface area contributed by atoms with Crippen LogP contribution in [0.2, 0.25) is 0 Å². The van der Waals surface area contributed by atoms with Gasteiger partial charge in [-0.15, -0.1) is 0 Å². The van der Waals surface area contributed by atoms with Crippen LogP contribution in [0.4, 0.5) is 35.5 Å². The quantitative estimate of drug-likeness (QED) is 0.397. The zero-order valence-electron chi connectivity index (χ0n) is 13.3. The van der Waals surface area contributed by atoms with Crippen molar-refractivity contribution < 1.29 is 40.3 Å². The van der Waals surface area contributed by atoms with Crippen molar-refractivity contribution in [2.45, 2.75) is 69.9 Å². The molecule has 0 aliphatic carbocycles. The van der Waals surface area contributed by atoms with E-state index in [1.165, 1.54) is 0 Å². The third kappa shape index (κ3) is 7.57. The second kappa shape index (κ2) is 9.93. The first-order valence-corrected chi connectivity index (χ1v) is 7.68. The van der Waals surface area contributed by atoms with Crippen LogP contribution in [-0.2, 0) is 4.74 Å². The van der Waals surface area contributed by atoms with Crippen LogP contribution in [0, 0.1) is 0 Å². The fourth-order valence-electron chi connectivity index (χ4n) is 1.78. The van der Waals surface area contributed by atoms with E-state index in [2.05, 4.69) is 11.7 Å². The first kappa shape index (κ1) is 22.8. The summed E-state index contributed by atoms with van der Waals surface area (Å²) in [7, 11) is 0. The number of hydrogen-bond acceptors (Lipinski definition) is 2. The summed E-state index contributed by atoms with van der Waals surface area (Å²) >= 11 is 0. The highest BCUT2D eigenvalue weighted by Crippen LogP contribution is 2.46. The van der Waals surface area contributed by atoms with Crippen LogP contribution < -0.4 is 5.32 Å². The molecule has 24 heavy (non-hydrogen) atoms. The van der Waals surface area contributed by atoms with E-state index in [1.807, 2.05) is 5.32 Å². The van der Waals surface area contributed by atoms with Gasteiger partial charge in [0.05, 0.1) is 0 Å². The van der Waals surface area contributed by atoms with E-state index in [0.29, 0.717) is 6.42 Å². The van der Waals surface area contributed by atoms with Gasteiger partial charge in [0, 0.05) is 6.54 Å². The van der Waals surface area contributed by atoms with Gasteiger partial charge in [0.2, 0.25) is 0 Å². The van der Waals surface area contributed by atoms with Crippen molar-refractivity contribution >= 4 is 6.09 Å². The van der Waals surface area contributed by atoms with Gasteiger partial charge in [-0.2, -0.15) is 30.7 Å². The van der Waals surface area contributed by atoms with E-state index in [4.69, 9.17) is 0 Å². The van der Waals surface area contributed by atoms with Crippen LogP contribution in [0.25, 0.3) is 0 Å². The van der Waals surface area contributed by atoms with Gasteiger partial charge in [-0.05, 0) is 6.42 Å². The fourth-order valence-corrected chi connectivity index (χ4v) is 1.78. The second-order valence-electron chi connectivity index (χ2n) is 5.40. The Balaban J connectivity index is 3.97. The molecule has 0 aromatic carbocycles. The lowest BCUT2D eigenvalue weighted by Crippen LogP contribution is -2.54. The van der Waals surface area contributed by atoms with Crippen molar-refractivity contribution in [2.75, 3.05) is 13.2 Å². The maximum absolute atomic E-state index is 12.9. The molecule has 144 valence electrons. The monoisotopic (exact) mass is 369 g/mol. The van der Waals surface area contributed by atoms with Crippen molar-refractivity contribution in [3.63, 3.8) is 0 Å². The summed E-state index contributed by atoms with van der Waals surface area (Å²) in [6.07, 6.45) is -1.33. The normalized spacial score (nSPS) is 13.0. The number of amides is 1. The molecule has 0 aromatic rings. The largest absolute Gasteiger partial charge is 0.460 e. The molecule has 0 aliphatic rings. The summed E-state index contributed by atoms with van der Waals surface area (Å²) in [6, 6.07) is 0. The number of nitrogens with one attached hydrogen (secondary N) is 1. The maximum Gasteiger partial charge on any atom is 0.460 e. The van der Waals surface area contributed by atoms with E-state index in [1.54, 1.807) is 0 Å². The predicted molar refractivity (Wildman–Crippen MR) is 73.3 cm³/mol. The number of hydrogen-bond donors (Lipinski definition) is 1. The number of unbranched alkanes of at least 4 members (excludes halogenated alkanes) is 6. The number of alkyl carbamates (subject to hydrolysis) is 1. The predicted octanol–water partition coefficient (Wildman–Crippen LogP) is 5.30. The molecule has 1 amide bonds. The molecule has 3 nitrogen and oxygen atoms in total. The van der Waals surface area contributed by atoms with Gasteiger partial charge in [0.15, 0.2) is 6.61 Å². The molecular formula is C14H22F7NO2. The molecule has 1 N–H and O–H groups in total. The van der Waals surface area contributed by atoms with Crippen LogP contribution in [0.5, 0.6) is 0 Å². The number of ether oxygens (including phenoxy) is 1. The number of alkyl halides is 7. The second-order valence-corrected chi connectivity index (χ2v) is 5.40. The minimum atomic E-state index is -6.44. The SMILES string of the molecule is CCCCCCCCCNC(=O)OCC(F)(F)C(F)(F)C(F)(F)F.